The Morgan fingerprint density at radius 1 is 0.302 bits per heavy atom. The molecule has 318 valence electrons. The van der Waals surface area contributed by atoms with Crippen molar-refractivity contribution >= 4 is 57.2 Å². The van der Waals surface area contributed by atoms with Gasteiger partial charge in [-0.2, -0.15) is 0 Å². The zero-order valence-corrected chi connectivity index (χ0v) is 40.0. The van der Waals surface area contributed by atoms with E-state index in [1.807, 2.05) is 0 Å². The summed E-state index contributed by atoms with van der Waals surface area (Å²) < 4.78 is 0. The van der Waals surface area contributed by atoms with Crippen molar-refractivity contribution < 1.29 is 0 Å². The van der Waals surface area contributed by atoms with Crippen molar-refractivity contribution in [1.29, 1.82) is 0 Å². The number of hydrogen-bond acceptors (Lipinski definition) is 2. The number of nitrogens with zero attached hydrogens (tertiary/aromatic N) is 2. The molecule has 0 spiro atoms. The number of hydrogen-bond donors (Lipinski definition) is 0. The zero-order chi connectivity index (χ0) is 44.9. The summed E-state index contributed by atoms with van der Waals surface area (Å²) in [6.45, 7) is 30.4. The summed E-state index contributed by atoms with van der Waals surface area (Å²) in [7, 11) is 0. The van der Waals surface area contributed by atoms with Crippen LogP contribution < -0.4 is 26.2 Å². The molecule has 2 aliphatic heterocycles. The number of fused-ring (bicyclic) bond motifs is 4. The van der Waals surface area contributed by atoms with Crippen LogP contribution in [0.5, 0.6) is 0 Å². The minimum Gasteiger partial charge on any atom is -0.311 e. The molecule has 0 unspecified atom stereocenters. The quantitative estimate of drug-likeness (QED) is 0.154. The molecule has 0 fully saturated rings. The standard InChI is InChI=1S/C60H65BN2/c1-56(2,3)40-24-30-47(31-25-40)62-52-35-29-45(60(12,13)42-22-18-15-19-23-42)37-50(52)61-49-36-44(57(4,5)6)28-34-51(49)63(54-39-46(58(7,8)9)38-53(62)55(54)61)48-32-26-43(27-33-48)59(10,11)41-20-16-14-17-21-41/h14-39H,1-13H3. The number of benzene rings is 7. The van der Waals surface area contributed by atoms with E-state index in [4.69, 9.17) is 0 Å². The fourth-order valence-corrected chi connectivity index (χ4v) is 10.0. The Hall–Kier alpha value is -5.80. The third kappa shape index (κ3) is 7.32. The second-order valence-electron chi connectivity index (χ2n) is 22.4. The minimum atomic E-state index is -0.208. The van der Waals surface area contributed by atoms with E-state index in [1.54, 1.807) is 0 Å². The maximum atomic E-state index is 2.58. The van der Waals surface area contributed by atoms with Crippen molar-refractivity contribution in [2.24, 2.45) is 0 Å². The molecule has 0 atom stereocenters. The fourth-order valence-electron chi connectivity index (χ4n) is 10.0. The van der Waals surface area contributed by atoms with E-state index < -0.39 is 0 Å². The predicted octanol–water partition coefficient (Wildman–Crippen LogP) is 14.3. The Bertz CT molecular complexity index is 2810. The summed E-state index contributed by atoms with van der Waals surface area (Å²) in [6, 6.07) is 60.4. The molecular weight excluding hydrogens is 759 g/mol. The highest BCUT2D eigenvalue weighted by molar-refractivity contribution is 7.00. The molecule has 0 aliphatic carbocycles. The maximum Gasteiger partial charge on any atom is 0.252 e. The van der Waals surface area contributed by atoms with Crippen LogP contribution in [0.4, 0.5) is 34.1 Å². The SMILES string of the molecule is CC(C)(C)c1ccc(N2c3ccc(C(C)(C)c4ccccc4)cc3B3c4cc(C(C)(C)C)ccc4N(c4ccc(C(C)(C)c5ccccc5)cc4)c4cc(C(C)(C)C)cc2c43)cc1. The minimum absolute atomic E-state index is 0.0143. The van der Waals surface area contributed by atoms with Gasteiger partial charge in [0.25, 0.3) is 6.71 Å². The van der Waals surface area contributed by atoms with Crippen molar-refractivity contribution in [3.8, 4) is 0 Å². The van der Waals surface area contributed by atoms with Crippen molar-refractivity contribution in [1.82, 2.24) is 0 Å². The van der Waals surface area contributed by atoms with Gasteiger partial charge < -0.3 is 9.80 Å². The van der Waals surface area contributed by atoms with E-state index in [-0.39, 0.29) is 33.8 Å². The van der Waals surface area contributed by atoms with Gasteiger partial charge in [0.2, 0.25) is 0 Å². The summed E-state index contributed by atoms with van der Waals surface area (Å²) >= 11 is 0. The van der Waals surface area contributed by atoms with Gasteiger partial charge in [0.05, 0.1) is 0 Å². The van der Waals surface area contributed by atoms with E-state index in [2.05, 4.69) is 258 Å². The molecule has 0 amide bonds. The number of rotatable bonds is 6. The topological polar surface area (TPSA) is 6.48 Å². The highest BCUT2D eigenvalue weighted by Crippen LogP contribution is 2.48. The molecule has 0 saturated heterocycles. The molecule has 0 N–H and O–H groups in total. The van der Waals surface area contributed by atoms with E-state index in [0.29, 0.717) is 0 Å². The monoisotopic (exact) mass is 825 g/mol. The highest BCUT2D eigenvalue weighted by Gasteiger charge is 2.45. The van der Waals surface area contributed by atoms with E-state index in [1.165, 1.54) is 89.5 Å². The van der Waals surface area contributed by atoms with Crippen molar-refractivity contribution in [3.63, 3.8) is 0 Å². The average Bonchev–Trinajstić information content (AvgIpc) is 3.25. The van der Waals surface area contributed by atoms with Crippen LogP contribution in [0.1, 0.15) is 129 Å². The zero-order valence-electron chi connectivity index (χ0n) is 40.0. The Labute approximate surface area is 379 Å². The Kier molecular flexibility index (Phi) is 10.1. The predicted molar refractivity (Wildman–Crippen MR) is 274 cm³/mol. The average molecular weight is 825 g/mol. The van der Waals surface area contributed by atoms with Gasteiger partial charge in [-0.05, 0) is 120 Å². The summed E-state index contributed by atoms with van der Waals surface area (Å²) in [5.41, 5.74) is 20.2. The Morgan fingerprint density at radius 2 is 0.651 bits per heavy atom. The van der Waals surface area contributed by atoms with E-state index in [0.717, 1.165) is 0 Å². The normalized spacial score (nSPS) is 14.0. The van der Waals surface area contributed by atoms with Crippen LogP contribution in [0.3, 0.4) is 0 Å². The fraction of sp³-hybridized carbons (Fsp3) is 0.300. The third-order valence-corrected chi connectivity index (χ3v) is 14.3. The molecule has 7 aromatic carbocycles. The van der Waals surface area contributed by atoms with Crippen LogP contribution in [-0.4, -0.2) is 6.71 Å². The molecule has 0 radical (unpaired) electrons. The molecule has 2 heterocycles. The van der Waals surface area contributed by atoms with Gasteiger partial charge in [-0.15, -0.1) is 0 Å². The first kappa shape index (κ1) is 42.5. The first-order valence-corrected chi connectivity index (χ1v) is 23.1. The van der Waals surface area contributed by atoms with Crippen LogP contribution in [0, 0.1) is 0 Å². The van der Waals surface area contributed by atoms with Crippen molar-refractivity contribution in [2.45, 2.75) is 117 Å². The molecule has 0 saturated carbocycles. The summed E-state index contributed by atoms with van der Waals surface area (Å²) in [6.07, 6.45) is 0. The van der Waals surface area contributed by atoms with Crippen LogP contribution in [0.25, 0.3) is 0 Å². The van der Waals surface area contributed by atoms with Gasteiger partial charge in [-0.1, -0.05) is 199 Å². The third-order valence-electron chi connectivity index (χ3n) is 14.3. The molecular formula is C60H65BN2. The Balaban J connectivity index is 1.35. The lowest BCUT2D eigenvalue weighted by molar-refractivity contribution is 0.590. The van der Waals surface area contributed by atoms with E-state index in [9.17, 15) is 0 Å². The van der Waals surface area contributed by atoms with Crippen LogP contribution in [-0.2, 0) is 27.1 Å². The summed E-state index contributed by atoms with van der Waals surface area (Å²) in [5.74, 6) is 0. The summed E-state index contributed by atoms with van der Waals surface area (Å²) in [4.78, 5) is 5.16. The molecule has 2 nitrogen and oxygen atoms in total. The van der Waals surface area contributed by atoms with Crippen molar-refractivity contribution in [3.05, 3.63) is 197 Å². The molecule has 7 aromatic rings. The highest BCUT2D eigenvalue weighted by atomic mass is 15.2. The first-order chi connectivity index (χ1) is 29.7. The summed E-state index contributed by atoms with van der Waals surface area (Å²) in [5, 5.41) is 0. The van der Waals surface area contributed by atoms with E-state index >= 15 is 0 Å². The second-order valence-corrected chi connectivity index (χ2v) is 22.4. The van der Waals surface area contributed by atoms with Crippen LogP contribution in [0.2, 0.25) is 0 Å². The smallest absolute Gasteiger partial charge is 0.252 e. The Morgan fingerprint density at radius 3 is 1.08 bits per heavy atom. The lowest BCUT2D eigenvalue weighted by Gasteiger charge is -2.46. The maximum absolute atomic E-state index is 2.58. The molecule has 63 heavy (non-hydrogen) atoms. The first-order valence-electron chi connectivity index (χ1n) is 23.1. The molecule has 3 heteroatoms. The van der Waals surface area contributed by atoms with Crippen molar-refractivity contribution in [2.75, 3.05) is 9.80 Å². The van der Waals surface area contributed by atoms with Gasteiger partial charge in [0, 0.05) is 45.0 Å². The van der Waals surface area contributed by atoms with Gasteiger partial charge in [-0.3, -0.25) is 0 Å². The molecule has 0 bridgehead atoms. The van der Waals surface area contributed by atoms with Crippen LogP contribution >= 0.6 is 0 Å². The lowest BCUT2D eigenvalue weighted by Crippen LogP contribution is -2.61. The van der Waals surface area contributed by atoms with Crippen LogP contribution in [0.15, 0.2) is 158 Å². The second kappa shape index (κ2) is 14.9. The largest absolute Gasteiger partial charge is 0.311 e. The lowest BCUT2D eigenvalue weighted by atomic mass is 9.33. The van der Waals surface area contributed by atoms with Gasteiger partial charge >= 0.3 is 0 Å². The van der Waals surface area contributed by atoms with Gasteiger partial charge in [0.15, 0.2) is 0 Å². The molecule has 0 aromatic heterocycles. The van der Waals surface area contributed by atoms with Gasteiger partial charge in [0.1, 0.15) is 0 Å². The molecule has 9 rings (SSSR count). The number of anilines is 6. The van der Waals surface area contributed by atoms with Gasteiger partial charge in [-0.25, -0.2) is 0 Å². The molecule has 2 aliphatic rings.